The van der Waals surface area contributed by atoms with Crippen LogP contribution in [0.4, 0.5) is 0 Å². The number of carboxylic acid groups (broad SMARTS) is 1. The van der Waals surface area contributed by atoms with Crippen LogP contribution in [0.5, 0.6) is 5.75 Å². The topological polar surface area (TPSA) is 81.4 Å². The molecule has 0 unspecified atom stereocenters. The quantitative estimate of drug-likeness (QED) is 0.622. The van der Waals surface area contributed by atoms with Crippen molar-refractivity contribution in [1.82, 2.24) is 9.55 Å². The van der Waals surface area contributed by atoms with Crippen molar-refractivity contribution in [3.8, 4) is 17.0 Å². The Kier molecular flexibility index (Phi) is 8.21. The number of carboxylic acids is 1. The van der Waals surface area contributed by atoms with Crippen LogP contribution < -0.4 is 10.3 Å². The minimum atomic E-state index is -1.10. The van der Waals surface area contributed by atoms with Gasteiger partial charge in [0.15, 0.2) is 12.4 Å². The van der Waals surface area contributed by atoms with E-state index < -0.39 is 12.6 Å². The van der Waals surface area contributed by atoms with Crippen LogP contribution in [0.15, 0.2) is 29.2 Å². The summed E-state index contributed by atoms with van der Waals surface area (Å²) in [4.78, 5) is 28.7. The summed E-state index contributed by atoms with van der Waals surface area (Å²) in [6, 6.07) is 5.73. The molecule has 164 valence electrons. The maximum Gasteiger partial charge on any atom is 0.341 e. The fourth-order valence-corrected chi connectivity index (χ4v) is 3.57. The van der Waals surface area contributed by atoms with Gasteiger partial charge in [0.25, 0.3) is 5.56 Å². The molecule has 0 saturated carbocycles. The molecule has 2 rings (SSSR count). The van der Waals surface area contributed by atoms with Gasteiger partial charge in [-0.3, -0.25) is 9.78 Å². The first kappa shape index (κ1) is 23.6. The van der Waals surface area contributed by atoms with Crippen LogP contribution in [0, 0.1) is 17.8 Å². The summed E-state index contributed by atoms with van der Waals surface area (Å²) in [5, 5.41) is 8.99. The number of nitrogens with zero attached hydrogens (tertiary/aromatic N) is 2. The number of aromatic nitrogens is 2. The maximum atomic E-state index is 13.2. The second-order valence-electron chi connectivity index (χ2n) is 9.11. The highest BCUT2D eigenvalue weighted by molar-refractivity contribution is 5.69. The summed E-state index contributed by atoms with van der Waals surface area (Å²) in [6.45, 7) is 12.6. The van der Waals surface area contributed by atoms with Gasteiger partial charge in [0, 0.05) is 24.0 Å². The highest BCUT2D eigenvalue weighted by Crippen LogP contribution is 2.29. The van der Waals surface area contributed by atoms with Gasteiger partial charge in [-0.15, -0.1) is 0 Å². The number of pyridine rings is 2. The van der Waals surface area contributed by atoms with E-state index in [1.54, 1.807) is 16.8 Å². The highest BCUT2D eigenvalue weighted by atomic mass is 16.5. The molecule has 0 aliphatic heterocycles. The van der Waals surface area contributed by atoms with E-state index in [9.17, 15) is 9.59 Å². The third-order valence-electron chi connectivity index (χ3n) is 4.57. The number of aliphatic carboxylic acids is 1. The van der Waals surface area contributed by atoms with Crippen molar-refractivity contribution in [2.45, 2.75) is 60.9 Å². The first-order valence-corrected chi connectivity index (χ1v) is 10.6. The Morgan fingerprint density at radius 2 is 1.73 bits per heavy atom. The van der Waals surface area contributed by atoms with Crippen molar-refractivity contribution in [3.05, 3.63) is 46.0 Å². The van der Waals surface area contributed by atoms with Crippen LogP contribution in [0.25, 0.3) is 11.3 Å². The number of hydrogen-bond acceptors (Lipinski definition) is 4. The van der Waals surface area contributed by atoms with Gasteiger partial charge in [-0.25, -0.2) is 4.79 Å². The molecule has 0 saturated heterocycles. The molecular weight excluding hydrogens is 380 g/mol. The van der Waals surface area contributed by atoms with Crippen LogP contribution in [-0.2, 0) is 24.2 Å². The van der Waals surface area contributed by atoms with Crippen LogP contribution in [-0.4, -0.2) is 27.2 Å². The molecule has 0 atom stereocenters. The lowest BCUT2D eigenvalue weighted by Gasteiger charge is -2.22. The standard InChI is InChI=1S/C24H34N2O4/c1-15(2)9-19-12-21(30-14-22(27)28)24(29)26(13-17(5)6)23(19)18-7-8-25-20(11-18)10-16(3)4/h7-8,11-12,15-17H,9-10,13-14H2,1-6H3,(H,27,28). The zero-order valence-corrected chi connectivity index (χ0v) is 18.9. The summed E-state index contributed by atoms with van der Waals surface area (Å²) in [7, 11) is 0. The molecule has 0 radical (unpaired) electrons. The minimum Gasteiger partial charge on any atom is -0.479 e. The summed E-state index contributed by atoms with van der Waals surface area (Å²) in [5.41, 5.74) is 3.51. The predicted octanol–water partition coefficient (Wildman–Crippen LogP) is 4.43. The molecule has 6 nitrogen and oxygen atoms in total. The van der Waals surface area contributed by atoms with E-state index in [1.165, 1.54) is 0 Å². The fraction of sp³-hybridized carbons (Fsp3) is 0.542. The second-order valence-corrected chi connectivity index (χ2v) is 9.11. The van der Waals surface area contributed by atoms with Gasteiger partial charge in [0.05, 0.1) is 5.69 Å². The van der Waals surface area contributed by atoms with Crippen molar-refractivity contribution < 1.29 is 14.6 Å². The lowest BCUT2D eigenvalue weighted by atomic mass is 9.96. The average Bonchev–Trinajstić information content (AvgIpc) is 2.62. The highest BCUT2D eigenvalue weighted by Gasteiger charge is 2.20. The Balaban J connectivity index is 2.73. The van der Waals surface area contributed by atoms with Gasteiger partial charge in [-0.1, -0.05) is 41.5 Å². The first-order chi connectivity index (χ1) is 14.1. The summed E-state index contributed by atoms with van der Waals surface area (Å²) in [6.07, 6.45) is 3.41. The molecule has 0 aliphatic carbocycles. The van der Waals surface area contributed by atoms with Crippen LogP contribution in [0.2, 0.25) is 0 Å². The maximum absolute atomic E-state index is 13.2. The Morgan fingerprint density at radius 1 is 1.07 bits per heavy atom. The van der Waals surface area contributed by atoms with E-state index in [1.807, 2.05) is 6.07 Å². The number of rotatable bonds is 10. The SMILES string of the molecule is CC(C)Cc1cc(-c2c(CC(C)C)cc(OCC(=O)O)c(=O)n2CC(C)C)ccn1. The summed E-state index contributed by atoms with van der Waals surface area (Å²) < 4.78 is 7.11. The molecule has 2 aromatic rings. The smallest absolute Gasteiger partial charge is 0.341 e. The predicted molar refractivity (Wildman–Crippen MR) is 119 cm³/mol. The molecule has 0 amide bonds. The van der Waals surface area contributed by atoms with Crippen LogP contribution in [0.3, 0.4) is 0 Å². The number of hydrogen-bond donors (Lipinski definition) is 1. The zero-order chi connectivity index (χ0) is 22.4. The Hall–Kier alpha value is -2.63. The van der Waals surface area contributed by atoms with Gasteiger partial charge in [-0.05, 0) is 54.4 Å². The molecule has 0 spiro atoms. The molecule has 0 bridgehead atoms. The molecule has 0 aliphatic rings. The van der Waals surface area contributed by atoms with E-state index in [0.29, 0.717) is 18.4 Å². The summed E-state index contributed by atoms with van der Waals surface area (Å²) in [5.74, 6) is 0.0614. The minimum absolute atomic E-state index is 0.0916. The van der Waals surface area contributed by atoms with Crippen molar-refractivity contribution in [1.29, 1.82) is 0 Å². The van der Waals surface area contributed by atoms with Crippen LogP contribution in [0.1, 0.15) is 52.8 Å². The van der Waals surface area contributed by atoms with Gasteiger partial charge >= 0.3 is 5.97 Å². The molecular formula is C24H34N2O4. The fourth-order valence-electron chi connectivity index (χ4n) is 3.57. The third kappa shape index (κ3) is 6.44. The summed E-state index contributed by atoms with van der Waals surface area (Å²) >= 11 is 0. The molecule has 0 fully saturated rings. The Morgan fingerprint density at radius 3 is 2.30 bits per heavy atom. The lowest BCUT2D eigenvalue weighted by Crippen LogP contribution is -2.28. The van der Waals surface area contributed by atoms with E-state index >= 15 is 0 Å². The monoisotopic (exact) mass is 414 g/mol. The van der Waals surface area contributed by atoms with E-state index in [2.05, 4.69) is 52.6 Å². The van der Waals surface area contributed by atoms with Gasteiger partial charge in [-0.2, -0.15) is 0 Å². The lowest BCUT2D eigenvalue weighted by molar-refractivity contribution is -0.139. The van der Waals surface area contributed by atoms with Crippen LogP contribution >= 0.6 is 0 Å². The first-order valence-electron chi connectivity index (χ1n) is 10.6. The van der Waals surface area contributed by atoms with E-state index in [0.717, 1.165) is 35.4 Å². The van der Waals surface area contributed by atoms with Gasteiger partial charge in [0.2, 0.25) is 0 Å². The Labute approximate surface area is 178 Å². The average molecular weight is 415 g/mol. The molecule has 30 heavy (non-hydrogen) atoms. The second kappa shape index (κ2) is 10.4. The van der Waals surface area contributed by atoms with E-state index in [4.69, 9.17) is 9.84 Å². The number of carbonyl (C=O) groups is 1. The van der Waals surface area contributed by atoms with Crippen molar-refractivity contribution >= 4 is 5.97 Å². The molecule has 0 aromatic carbocycles. The van der Waals surface area contributed by atoms with E-state index in [-0.39, 0.29) is 17.2 Å². The third-order valence-corrected chi connectivity index (χ3v) is 4.57. The largest absolute Gasteiger partial charge is 0.479 e. The van der Waals surface area contributed by atoms with Gasteiger partial charge in [0.1, 0.15) is 0 Å². The molecule has 6 heteroatoms. The zero-order valence-electron chi connectivity index (χ0n) is 18.9. The molecule has 1 N–H and O–H groups in total. The van der Waals surface area contributed by atoms with Crippen molar-refractivity contribution in [2.24, 2.45) is 17.8 Å². The molecule has 2 aromatic heterocycles. The number of ether oxygens (including phenoxy) is 1. The normalized spacial score (nSPS) is 11.5. The van der Waals surface area contributed by atoms with Crippen molar-refractivity contribution in [3.63, 3.8) is 0 Å². The van der Waals surface area contributed by atoms with Crippen molar-refractivity contribution in [2.75, 3.05) is 6.61 Å². The van der Waals surface area contributed by atoms with Gasteiger partial charge < -0.3 is 14.4 Å². The Bertz CT molecular complexity index is 929. The molecule has 2 heterocycles.